The topological polar surface area (TPSA) is 119 Å². The third kappa shape index (κ3) is 3.01. The molecule has 0 saturated heterocycles. The second kappa shape index (κ2) is 7.26. The largest absolute Gasteiger partial charge is 0.478 e. The van der Waals surface area contributed by atoms with Crippen LogP contribution < -0.4 is 5.32 Å². The van der Waals surface area contributed by atoms with Crippen molar-refractivity contribution in [3.05, 3.63) is 82.7 Å². The summed E-state index contributed by atoms with van der Waals surface area (Å²) in [5, 5.41) is 28.9. The van der Waals surface area contributed by atoms with Gasteiger partial charge in [0.15, 0.2) is 0 Å². The zero-order chi connectivity index (χ0) is 21.5. The maximum absolute atomic E-state index is 12.9. The Morgan fingerprint density at radius 3 is 2.65 bits per heavy atom. The number of benzene rings is 2. The number of nitriles is 1. The van der Waals surface area contributed by atoms with Crippen LogP contribution >= 0.6 is 0 Å². The van der Waals surface area contributed by atoms with Gasteiger partial charge in [0.25, 0.3) is 5.91 Å². The number of hydrogen-bond donors (Lipinski definition) is 3. The Kier molecular flexibility index (Phi) is 4.41. The second-order valence-electron chi connectivity index (χ2n) is 7.74. The summed E-state index contributed by atoms with van der Waals surface area (Å²) in [6, 6.07) is 14.3. The molecule has 1 aliphatic heterocycles. The van der Waals surface area contributed by atoms with Crippen LogP contribution in [0.5, 0.6) is 0 Å². The number of carboxylic acid groups (broad SMARTS) is 1. The van der Waals surface area contributed by atoms with Gasteiger partial charge in [-0.25, -0.2) is 4.79 Å². The molecule has 2 aromatic carbocycles. The maximum Gasteiger partial charge on any atom is 0.335 e. The molecule has 1 aliphatic carbocycles. The lowest BCUT2D eigenvalue weighted by Crippen LogP contribution is -2.42. The van der Waals surface area contributed by atoms with Crippen molar-refractivity contribution in [1.29, 1.82) is 5.26 Å². The first kappa shape index (κ1) is 18.8. The Labute approximate surface area is 178 Å². The molecular weight excluding hydrogens is 392 g/mol. The van der Waals surface area contributed by atoms with E-state index in [1.165, 1.54) is 17.7 Å². The average Bonchev–Trinajstić information content (AvgIpc) is 3.32. The smallest absolute Gasteiger partial charge is 0.335 e. The zero-order valence-corrected chi connectivity index (χ0v) is 16.4. The summed E-state index contributed by atoms with van der Waals surface area (Å²) < 4.78 is 0. The number of carbonyl (C=O) groups excluding carboxylic acids is 1. The molecule has 2 unspecified atom stereocenters. The Hall–Kier alpha value is -4.18. The highest BCUT2D eigenvalue weighted by Crippen LogP contribution is 2.47. The van der Waals surface area contributed by atoms with Crippen LogP contribution in [0.25, 0.3) is 16.7 Å². The fraction of sp³-hybridized carbons (Fsp3) is 0.167. The van der Waals surface area contributed by atoms with Gasteiger partial charge in [-0.05, 0) is 52.8 Å². The molecule has 0 radical (unpaired) electrons. The van der Waals surface area contributed by atoms with Gasteiger partial charge < -0.3 is 10.4 Å². The summed E-state index contributed by atoms with van der Waals surface area (Å²) in [5.74, 6) is -1.49. The third-order valence-electron chi connectivity index (χ3n) is 6.17. The van der Waals surface area contributed by atoms with Gasteiger partial charge in [0.1, 0.15) is 11.6 Å². The van der Waals surface area contributed by atoms with Gasteiger partial charge >= 0.3 is 5.97 Å². The van der Waals surface area contributed by atoms with E-state index in [1.54, 1.807) is 18.3 Å². The summed E-state index contributed by atoms with van der Waals surface area (Å²) in [5.41, 5.74) is 5.95. The average molecular weight is 410 g/mol. The number of nitrogens with zero attached hydrogens (tertiary/aromatic N) is 2. The van der Waals surface area contributed by atoms with Gasteiger partial charge in [-0.1, -0.05) is 30.3 Å². The molecule has 7 heteroatoms. The molecule has 3 aromatic rings. The summed E-state index contributed by atoms with van der Waals surface area (Å²) in [7, 11) is 0. The maximum atomic E-state index is 12.9. The van der Waals surface area contributed by atoms with E-state index in [9.17, 15) is 20.0 Å². The first-order chi connectivity index (χ1) is 15.1. The summed E-state index contributed by atoms with van der Waals surface area (Å²) in [4.78, 5) is 24.1. The van der Waals surface area contributed by atoms with E-state index in [0.29, 0.717) is 11.1 Å². The van der Waals surface area contributed by atoms with E-state index in [4.69, 9.17) is 0 Å². The van der Waals surface area contributed by atoms with Crippen LogP contribution in [0, 0.1) is 17.2 Å². The highest BCUT2D eigenvalue weighted by molar-refractivity contribution is 6.07. The van der Waals surface area contributed by atoms with Crippen molar-refractivity contribution in [1.82, 2.24) is 15.5 Å². The van der Waals surface area contributed by atoms with Crippen LogP contribution in [-0.4, -0.2) is 27.2 Å². The number of amides is 1. The van der Waals surface area contributed by atoms with Crippen LogP contribution in [0.1, 0.15) is 39.5 Å². The van der Waals surface area contributed by atoms with Gasteiger partial charge in [-0.15, -0.1) is 0 Å². The monoisotopic (exact) mass is 410 g/mol. The van der Waals surface area contributed by atoms with Crippen molar-refractivity contribution in [2.24, 2.45) is 5.92 Å². The number of fused-ring (bicyclic) bond motifs is 3. The Bertz CT molecular complexity index is 1270. The van der Waals surface area contributed by atoms with Crippen molar-refractivity contribution in [3.63, 3.8) is 0 Å². The Morgan fingerprint density at radius 1 is 1.16 bits per heavy atom. The molecule has 152 valence electrons. The first-order valence-corrected chi connectivity index (χ1v) is 9.98. The minimum atomic E-state index is -1.02. The predicted molar refractivity (Wildman–Crippen MR) is 113 cm³/mol. The van der Waals surface area contributed by atoms with Crippen molar-refractivity contribution >= 4 is 17.4 Å². The number of aromatic carboxylic acids is 1. The molecule has 2 atom stereocenters. The second-order valence-corrected chi connectivity index (χ2v) is 7.74. The molecule has 0 fully saturated rings. The molecule has 0 saturated carbocycles. The molecule has 3 N–H and O–H groups in total. The normalized spacial score (nSPS) is 19.8. The van der Waals surface area contributed by atoms with Crippen LogP contribution in [0.2, 0.25) is 0 Å². The van der Waals surface area contributed by atoms with Gasteiger partial charge in [0, 0.05) is 17.7 Å². The number of rotatable bonds is 3. The molecular formula is C24H18N4O3. The van der Waals surface area contributed by atoms with Gasteiger partial charge in [0.2, 0.25) is 0 Å². The molecule has 0 spiro atoms. The first-order valence-electron chi connectivity index (χ1n) is 9.98. The summed E-state index contributed by atoms with van der Waals surface area (Å²) in [6.07, 6.45) is 5.19. The van der Waals surface area contributed by atoms with Crippen molar-refractivity contribution in [3.8, 4) is 17.2 Å². The SMILES string of the molecule is N#CC1=C(c2ccc(C(=O)O)cc2)C2CCc3c(-c4cn[nH]c4)cccc3C2NC1=O. The zero-order valence-electron chi connectivity index (χ0n) is 16.4. The lowest BCUT2D eigenvalue weighted by Gasteiger charge is -2.40. The minimum absolute atomic E-state index is 0.0740. The van der Waals surface area contributed by atoms with Gasteiger partial charge in [-0.3, -0.25) is 9.89 Å². The Morgan fingerprint density at radius 2 is 1.97 bits per heavy atom. The number of aromatic amines is 1. The predicted octanol–water partition coefficient (Wildman–Crippen LogP) is 3.49. The quantitative estimate of drug-likeness (QED) is 0.611. The number of H-pyrrole nitrogens is 1. The number of hydrogen-bond acceptors (Lipinski definition) is 4. The van der Waals surface area contributed by atoms with Crippen molar-refractivity contribution in [2.75, 3.05) is 0 Å². The molecule has 1 amide bonds. The number of carbonyl (C=O) groups is 2. The molecule has 0 bridgehead atoms. The van der Waals surface area contributed by atoms with Crippen molar-refractivity contribution < 1.29 is 14.7 Å². The van der Waals surface area contributed by atoms with Crippen LogP contribution in [0.3, 0.4) is 0 Å². The molecule has 2 heterocycles. The van der Waals surface area contributed by atoms with E-state index in [1.807, 2.05) is 18.3 Å². The number of carboxylic acids is 1. The van der Waals surface area contributed by atoms with Crippen molar-refractivity contribution in [2.45, 2.75) is 18.9 Å². The van der Waals surface area contributed by atoms with Crippen LogP contribution in [0.15, 0.2) is 60.4 Å². The van der Waals surface area contributed by atoms with E-state index >= 15 is 0 Å². The van der Waals surface area contributed by atoms with E-state index in [2.05, 4.69) is 27.6 Å². The van der Waals surface area contributed by atoms with Crippen LogP contribution in [0.4, 0.5) is 0 Å². The molecule has 5 rings (SSSR count). The third-order valence-corrected chi connectivity index (χ3v) is 6.17. The molecule has 2 aliphatic rings. The van der Waals surface area contributed by atoms with E-state index in [-0.39, 0.29) is 23.1 Å². The van der Waals surface area contributed by atoms with Crippen LogP contribution in [-0.2, 0) is 11.2 Å². The lowest BCUT2D eigenvalue weighted by molar-refractivity contribution is -0.118. The summed E-state index contributed by atoms with van der Waals surface area (Å²) >= 11 is 0. The number of aromatic nitrogens is 2. The fourth-order valence-corrected chi connectivity index (χ4v) is 4.80. The molecule has 7 nitrogen and oxygen atoms in total. The summed E-state index contributed by atoms with van der Waals surface area (Å²) in [6.45, 7) is 0. The molecule has 31 heavy (non-hydrogen) atoms. The lowest BCUT2D eigenvalue weighted by atomic mass is 9.70. The van der Waals surface area contributed by atoms with Gasteiger partial charge in [-0.2, -0.15) is 10.4 Å². The van der Waals surface area contributed by atoms with E-state index in [0.717, 1.165) is 29.5 Å². The fourth-order valence-electron chi connectivity index (χ4n) is 4.80. The van der Waals surface area contributed by atoms with E-state index < -0.39 is 11.9 Å². The highest BCUT2D eigenvalue weighted by Gasteiger charge is 2.41. The molecule has 1 aromatic heterocycles. The highest BCUT2D eigenvalue weighted by atomic mass is 16.4. The standard InChI is InChI=1S/C24H18N4O3/c25-10-20-21(13-4-6-14(7-5-13)24(30)31)19-9-8-17-16(15-11-26-27-12-15)2-1-3-18(17)22(19)28-23(20)29/h1-7,11-12,19,22H,8-9H2,(H,26,27)(H,28,29)(H,30,31). The van der Waals surface area contributed by atoms with Gasteiger partial charge in [0.05, 0.1) is 17.8 Å². The Balaban J connectivity index is 1.62. The minimum Gasteiger partial charge on any atom is -0.478 e. The number of nitrogens with one attached hydrogen (secondary N) is 2.